The van der Waals surface area contributed by atoms with Crippen LogP contribution in [0, 0.1) is 6.92 Å². The smallest absolute Gasteiger partial charge is 0.212 e. The Hall–Kier alpha value is -0.190. The Balaban J connectivity index is 3.09. The van der Waals surface area contributed by atoms with Crippen LogP contribution in [0.1, 0.15) is 11.1 Å². The summed E-state index contributed by atoms with van der Waals surface area (Å²) < 4.78 is 21.8. The van der Waals surface area contributed by atoms with E-state index in [0.717, 1.165) is 16.0 Å². The molecule has 0 atom stereocenters. The Kier molecular flexibility index (Phi) is 3.86. The Bertz CT molecular complexity index is 426. The van der Waals surface area contributed by atoms with Gasteiger partial charge < -0.3 is 0 Å². The van der Waals surface area contributed by atoms with Gasteiger partial charge in [-0.1, -0.05) is 12.1 Å². The standard InChI is InChI=1S/C9H11ClO2S2/c1-7-3-4-8(6-14(10,11)12)9(5-7)13-2/h3-5H,6H2,1-2H3. The van der Waals surface area contributed by atoms with Gasteiger partial charge in [-0.25, -0.2) is 8.42 Å². The van der Waals surface area contributed by atoms with Crippen LogP contribution in [-0.4, -0.2) is 14.7 Å². The van der Waals surface area contributed by atoms with Gasteiger partial charge in [0.05, 0.1) is 5.75 Å². The summed E-state index contributed by atoms with van der Waals surface area (Å²) in [5.74, 6) is -0.106. The van der Waals surface area contributed by atoms with Crippen molar-refractivity contribution in [1.29, 1.82) is 0 Å². The monoisotopic (exact) mass is 250 g/mol. The van der Waals surface area contributed by atoms with Crippen LogP contribution in [0.4, 0.5) is 0 Å². The van der Waals surface area contributed by atoms with E-state index in [2.05, 4.69) is 0 Å². The molecule has 0 aliphatic carbocycles. The fourth-order valence-electron chi connectivity index (χ4n) is 1.16. The van der Waals surface area contributed by atoms with Crippen molar-refractivity contribution in [3.8, 4) is 0 Å². The number of rotatable bonds is 3. The number of thioether (sulfide) groups is 1. The predicted molar refractivity (Wildman–Crippen MR) is 61.4 cm³/mol. The van der Waals surface area contributed by atoms with E-state index in [1.165, 1.54) is 11.8 Å². The van der Waals surface area contributed by atoms with Gasteiger partial charge in [0, 0.05) is 15.6 Å². The minimum absolute atomic E-state index is 0.106. The third kappa shape index (κ3) is 3.52. The van der Waals surface area contributed by atoms with Crippen molar-refractivity contribution < 1.29 is 8.42 Å². The lowest BCUT2D eigenvalue weighted by Crippen LogP contribution is -1.97. The lowest BCUT2D eigenvalue weighted by atomic mass is 10.2. The number of hydrogen-bond donors (Lipinski definition) is 0. The van der Waals surface area contributed by atoms with E-state index in [4.69, 9.17) is 10.7 Å². The second-order valence-corrected chi connectivity index (χ2v) is 6.62. The highest BCUT2D eigenvalue weighted by atomic mass is 35.7. The molecule has 14 heavy (non-hydrogen) atoms. The average molecular weight is 251 g/mol. The molecule has 0 unspecified atom stereocenters. The van der Waals surface area contributed by atoms with Crippen LogP contribution in [0.15, 0.2) is 23.1 Å². The largest absolute Gasteiger partial charge is 0.236 e. The second-order valence-electron chi connectivity index (χ2n) is 3.00. The van der Waals surface area contributed by atoms with Crippen molar-refractivity contribution in [2.75, 3.05) is 6.26 Å². The molecule has 0 aliphatic heterocycles. The summed E-state index contributed by atoms with van der Waals surface area (Å²) in [4.78, 5) is 0.967. The first-order chi connectivity index (χ1) is 6.42. The van der Waals surface area contributed by atoms with Crippen LogP contribution >= 0.6 is 22.4 Å². The lowest BCUT2D eigenvalue weighted by Gasteiger charge is -2.06. The van der Waals surface area contributed by atoms with Crippen LogP contribution in [0.25, 0.3) is 0 Å². The maximum Gasteiger partial charge on any atom is 0.236 e. The molecule has 1 aromatic carbocycles. The highest BCUT2D eigenvalue weighted by molar-refractivity contribution is 8.13. The SMILES string of the molecule is CSc1cc(C)ccc1CS(=O)(=O)Cl. The molecule has 0 N–H and O–H groups in total. The molecule has 0 amide bonds. The normalized spacial score (nSPS) is 11.6. The topological polar surface area (TPSA) is 34.1 Å². The fraction of sp³-hybridized carbons (Fsp3) is 0.333. The summed E-state index contributed by atoms with van der Waals surface area (Å²) in [6, 6.07) is 5.65. The molecule has 0 saturated heterocycles. The molecule has 1 aromatic rings. The first-order valence-corrected chi connectivity index (χ1v) is 7.68. The van der Waals surface area contributed by atoms with Crippen LogP contribution in [0.3, 0.4) is 0 Å². The quantitative estimate of drug-likeness (QED) is 0.611. The van der Waals surface area contributed by atoms with Gasteiger partial charge in [0.25, 0.3) is 0 Å². The summed E-state index contributed by atoms with van der Waals surface area (Å²) in [5, 5.41) is 0. The van der Waals surface area contributed by atoms with E-state index in [1.807, 2.05) is 25.3 Å². The van der Waals surface area contributed by atoms with Gasteiger partial charge in [0.2, 0.25) is 9.05 Å². The molecule has 0 aromatic heterocycles. The molecular formula is C9H11ClO2S2. The van der Waals surface area contributed by atoms with Crippen molar-refractivity contribution in [3.63, 3.8) is 0 Å². The van der Waals surface area contributed by atoms with Crippen molar-refractivity contribution in [3.05, 3.63) is 29.3 Å². The van der Waals surface area contributed by atoms with E-state index in [9.17, 15) is 8.42 Å². The molecule has 0 heterocycles. The number of aryl methyl sites for hydroxylation is 1. The predicted octanol–water partition coefficient (Wildman–Crippen LogP) is 2.79. The van der Waals surface area contributed by atoms with Gasteiger partial charge in [-0.2, -0.15) is 0 Å². The maximum atomic E-state index is 10.9. The lowest BCUT2D eigenvalue weighted by molar-refractivity contribution is 0.608. The molecule has 0 radical (unpaired) electrons. The minimum atomic E-state index is -3.46. The van der Waals surface area contributed by atoms with Crippen molar-refractivity contribution in [2.45, 2.75) is 17.6 Å². The van der Waals surface area contributed by atoms with Crippen molar-refractivity contribution >= 4 is 31.5 Å². The molecule has 0 bridgehead atoms. The van der Waals surface area contributed by atoms with E-state index >= 15 is 0 Å². The molecule has 0 aliphatic rings. The molecule has 0 spiro atoms. The van der Waals surface area contributed by atoms with E-state index in [0.29, 0.717) is 0 Å². The Labute approximate surface area is 93.1 Å². The van der Waals surface area contributed by atoms with Gasteiger partial charge in [-0.3, -0.25) is 0 Å². The minimum Gasteiger partial charge on any atom is -0.212 e. The van der Waals surface area contributed by atoms with Crippen molar-refractivity contribution in [1.82, 2.24) is 0 Å². The van der Waals surface area contributed by atoms with E-state index in [-0.39, 0.29) is 5.75 Å². The van der Waals surface area contributed by atoms with Gasteiger partial charge in [-0.15, -0.1) is 11.8 Å². The summed E-state index contributed by atoms with van der Waals surface area (Å²) >= 11 is 1.53. The molecule has 1 rings (SSSR count). The Morgan fingerprint density at radius 2 is 2.07 bits per heavy atom. The van der Waals surface area contributed by atoms with Crippen LogP contribution in [-0.2, 0) is 14.8 Å². The Morgan fingerprint density at radius 3 is 2.57 bits per heavy atom. The zero-order valence-electron chi connectivity index (χ0n) is 7.95. The Morgan fingerprint density at radius 1 is 1.43 bits per heavy atom. The van der Waals surface area contributed by atoms with Gasteiger partial charge in [0.1, 0.15) is 0 Å². The average Bonchev–Trinajstić information content (AvgIpc) is 2.06. The van der Waals surface area contributed by atoms with E-state index in [1.54, 1.807) is 6.07 Å². The highest BCUT2D eigenvalue weighted by Crippen LogP contribution is 2.24. The zero-order valence-corrected chi connectivity index (χ0v) is 10.3. The van der Waals surface area contributed by atoms with Gasteiger partial charge >= 0.3 is 0 Å². The van der Waals surface area contributed by atoms with Crippen molar-refractivity contribution in [2.24, 2.45) is 0 Å². The first kappa shape index (κ1) is 11.9. The first-order valence-electron chi connectivity index (χ1n) is 3.98. The molecule has 0 fully saturated rings. The third-order valence-corrected chi connectivity index (χ3v) is 3.57. The molecule has 0 saturated carbocycles. The molecular weight excluding hydrogens is 240 g/mol. The number of benzene rings is 1. The summed E-state index contributed by atoms with van der Waals surface area (Å²) in [7, 11) is 1.74. The van der Waals surface area contributed by atoms with E-state index < -0.39 is 9.05 Å². The van der Waals surface area contributed by atoms with Crippen LogP contribution in [0.5, 0.6) is 0 Å². The fourth-order valence-corrected chi connectivity index (χ4v) is 2.93. The zero-order chi connectivity index (χ0) is 10.8. The van der Waals surface area contributed by atoms with Gasteiger partial charge in [-0.05, 0) is 30.4 Å². The van der Waals surface area contributed by atoms with Crippen LogP contribution in [0.2, 0.25) is 0 Å². The van der Waals surface area contributed by atoms with Gasteiger partial charge in [0.15, 0.2) is 0 Å². The third-order valence-electron chi connectivity index (χ3n) is 1.77. The number of hydrogen-bond acceptors (Lipinski definition) is 3. The second kappa shape index (κ2) is 4.55. The summed E-state index contributed by atoms with van der Waals surface area (Å²) in [6.45, 7) is 1.97. The molecule has 5 heteroatoms. The molecule has 78 valence electrons. The summed E-state index contributed by atoms with van der Waals surface area (Å²) in [5.41, 5.74) is 1.88. The maximum absolute atomic E-state index is 10.9. The van der Waals surface area contributed by atoms with Crippen LogP contribution < -0.4 is 0 Å². The highest BCUT2D eigenvalue weighted by Gasteiger charge is 2.10. The molecule has 2 nitrogen and oxygen atoms in total. The number of halogens is 1. The summed E-state index contributed by atoms with van der Waals surface area (Å²) in [6.07, 6.45) is 1.92.